The van der Waals surface area contributed by atoms with Gasteiger partial charge < -0.3 is 10.2 Å². The summed E-state index contributed by atoms with van der Waals surface area (Å²) in [5, 5.41) is 7.41. The smallest absolute Gasteiger partial charge is 0.131 e. The molecule has 0 saturated carbocycles. The van der Waals surface area contributed by atoms with Gasteiger partial charge >= 0.3 is 0 Å². The Kier molecular flexibility index (Phi) is 4.90. The lowest BCUT2D eigenvalue weighted by atomic mass is 10.1. The molecular weight excluding hydrogens is 274 g/mol. The SMILES string of the molecule is C[C@@H](Nc1cnn(CCN(C)C)c1)c1ccc(F)cc1F. The molecule has 0 amide bonds. The van der Waals surface area contributed by atoms with Gasteiger partial charge in [0.25, 0.3) is 0 Å². The van der Waals surface area contributed by atoms with E-state index in [0.29, 0.717) is 5.56 Å². The Hall–Kier alpha value is -1.95. The predicted octanol–water partition coefficient (Wildman–Crippen LogP) is 2.90. The van der Waals surface area contributed by atoms with Gasteiger partial charge in [0.05, 0.1) is 24.5 Å². The van der Waals surface area contributed by atoms with E-state index in [2.05, 4.69) is 15.3 Å². The number of nitrogens with one attached hydrogen (secondary N) is 1. The molecule has 0 spiro atoms. The summed E-state index contributed by atoms with van der Waals surface area (Å²) in [4.78, 5) is 2.07. The van der Waals surface area contributed by atoms with E-state index in [4.69, 9.17) is 0 Å². The van der Waals surface area contributed by atoms with Crippen LogP contribution in [0.2, 0.25) is 0 Å². The van der Waals surface area contributed by atoms with Gasteiger partial charge in [-0.3, -0.25) is 4.68 Å². The molecule has 0 fully saturated rings. The summed E-state index contributed by atoms with van der Waals surface area (Å²) in [6.45, 7) is 3.50. The number of halogens is 2. The number of rotatable bonds is 6. The quantitative estimate of drug-likeness (QED) is 0.889. The van der Waals surface area contributed by atoms with E-state index in [1.54, 1.807) is 6.20 Å². The number of anilines is 1. The van der Waals surface area contributed by atoms with Gasteiger partial charge in [0, 0.05) is 24.4 Å². The van der Waals surface area contributed by atoms with Gasteiger partial charge in [0.1, 0.15) is 11.6 Å². The van der Waals surface area contributed by atoms with Crippen molar-refractivity contribution >= 4 is 5.69 Å². The van der Waals surface area contributed by atoms with Gasteiger partial charge in [0.15, 0.2) is 0 Å². The minimum atomic E-state index is -0.569. The predicted molar refractivity (Wildman–Crippen MR) is 79.2 cm³/mol. The van der Waals surface area contributed by atoms with Gasteiger partial charge in [-0.1, -0.05) is 6.07 Å². The molecule has 4 nitrogen and oxygen atoms in total. The topological polar surface area (TPSA) is 33.1 Å². The average Bonchev–Trinajstić information content (AvgIpc) is 2.83. The second-order valence-corrected chi connectivity index (χ2v) is 5.33. The third-order valence-electron chi connectivity index (χ3n) is 3.22. The number of hydrogen-bond donors (Lipinski definition) is 1. The van der Waals surface area contributed by atoms with Crippen molar-refractivity contribution in [3.63, 3.8) is 0 Å². The minimum absolute atomic E-state index is 0.267. The van der Waals surface area contributed by atoms with Crippen molar-refractivity contribution in [2.75, 3.05) is 26.0 Å². The molecule has 21 heavy (non-hydrogen) atoms. The van der Waals surface area contributed by atoms with Crippen molar-refractivity contribution in [2.45, 2.75) is 19.5 Å². The molecule has 0 unspecified atom stereocenters. The molecule has 1 aromatic carbocycles. The lowest BCUT2D eigenvalue weighted by Crippen LogP contribution is -2.18. The van der Waals surface area contributed by atoms with Crippen LogP contribution in [0.15, 0.2) is 30.6 Å². The molecular formula is C15H20F2N4. The van der Waals surface area contributed by atoms with E-state index in [9.17, 15) is 8.78 Å². The molecule has 0 radical (unpaired) electrons. The number of nitrogens with zero attached hydrogens (tertiary/aromatic N) is 3. The second kappa shape index (κ2) is 6.67. The van der Waals surface area contributed by atoms with Crippen LogP contribution in [0, 0.1) is 11.6 Å². The first kappa shape index (κ1) is 15.4. The van der Waals surface area contributed by atoms with Crippen LogP contribution in [0.4, 0.5) is 14.5 Å². The minimum Gasteiger partial charge on any atom is -0.376 e. The van der Waals surface area contributed by atoms with E-state index in [0.717, 1.165) is 24.8 Å². The highest BCUT2D eigenvalue weighted by atomic mass is 19.1. The monoisotopic (exact) mass is 294 g/mol. The van der Waals surface area contributed by atoms with E-state index >= 15 is 0 Å². The molecule has 2 rings (SSSR count). The first-order chi connectivity index (χ1) is 9.95. The van der Waals surface area contributed by atoms with Gasteiger partial charge in [-0.05, 0) is 27.1 Å². The molecule has 0 aliphatic rings. The zero-order chi connectivity index (χ0) is 15.4. The van der Waals surface area contributed by atoms with Crippen LogP contribution in [-0.2, 0) is 6.54 Å². The molecule has 2 aromatic rings. The summed E-state index contributed by atoms with van der Waals surface area (Å²) in [6.07, 6.45) is 3.58. The third kappa shape index (κ3) is 4.26. The summed E-state index contributed by atoms with van der Waals surface area (Å²) in [7, 11) is 4.00. The van der Waals surface area contributed by atoms with Crippen LogP contribution in [0.25, 0.3) is 0 Å². The highest BCUT2D eigenvalue weighted by Gasteiger charge is 2.12. The summed E-state index contributed by atoms with van der Waals surface area (Å²) < 4.78 is 28.5. The number of hydrogen-bond acceptors (Lipinski definition) is 3. The Morgan fingerprint density at radius 1 is 1.33 bits per heavy atom. The van der Waals surface area contributed by atoms with Crippen LogP contribution in [0.5, 0.6) is 0 Å². The van der Waals surface area contributed by atoms with Crippen LogP contribution in [0.3, 0.4) is 0 Å². The van der Waals surface area contributed by atoms with E-state index in [1.165, 1.54) is 12.1 Å². The Labute approximate surface area is 123 Å². The summed E-state index contributed by atoms with van der Waals surface area (Å²) in [6, 6.07) is 3.35. The van der Waals surface area contributed by atoms with Crippen molar-refractivity contribution < 1.29 is 8.78 Å². The number of likely N-dealkylation sites (N-methyl/N-ethyl adjacent to an activating group) is 1. The fraction of sp³-hybridized carbons (Fsp3) is 0.400. The highest BCUT2D eigenvalue weighted by Crippen LogP contribution is 2.22. The standard InChI is InChI=1S/C15H20F2N4/c1-11(14-5-4-12(16)8-15(14)17)19-13-9-18-21(10-13)7-6-20(2)3/h4-5,8-11,19H,6-7H2,1-3H3/t11-/m1/s1. The van der Waals surface area contributed by atoms with Crippen LogP contribution >= 0.6 is 0 Å². The average molecular weight is 294 g/mol. The zero-order valence-corrected chi connectivity index (χ0v) is 12.5. The van der Waals surface area contributed by atoms with Crippen LogP contribution in [-0.4, -0.2) is 35.3 Å². The fourth-order valence-electron chi connectivity index (χ4n) is 2.04. The lowest BCUT2D eigenvalue weighted by Gasteiger charge is -2.15. The molecule has 1 aromatic heterocycles. The Bertz CT molecular complexity index is 595. The molecule has 1 N–H and O–H groups in total. The molecule has 1 atom stereocenters. The van der Waals surface area contributed by atoms with Crippen LogP contribution < -0.4 is 5.32 Å². The van der Waals surface area contributed by atoms with Crippen molar-refractivity contribution in [3.05, 3.63) is 47.8 Å². The summed E-state index contributed by atoms with van der Waals surface area (Å²) in [5.41, 5.74) is 1.24. The molecule has 0 saturated heterocycles. The molecule has 0 aliphatic carbocycles. The molecule has 1 heterocycles. The highest BCUT2D eigenvalue weighted by molar-refractivity contribution is 5.41. The first-order valence-corrected chi connectivity index (χ1v) is 6.84. The van der Waals surface area contributed by atoms with E-state index in [-0.39, 0.29) is 6.04 Å². The van der Waals surface area contributed by atoms with E-state index < -0.39 is 11.6 Å². The molecule has 0 aliphatic heterocycles. The van der Waals surface area contributed by atoms with Crippen molar-refractivity contribution in [1.82, 2.24) is 14.7 Å². The second-order valence-electron chi connectivity index (χ2n) is 5.33. The van der Waals surface area contributed by atoms with Gasteiger partial charge in [-0.15, -0.1) is 0 Å². The van der Waals surface area contributed by atoms with Gasteiger partial charge in [0.2, 0.25) is 0 Å². The van der Waals surface area contributed by atoms with Gasteiger partial charge in [-0.2, -0.15) is 5.10 Å². The first-order valence-electron chi connectivity index (χ1n) is 6.84. The Balaban J connectivity index is 2.00. The number of aromatic nitrogens is 2. The van der Waals surface area contributed by atoms with E-state index in [1.807, 2.05) is 31.9 Å². The maximum atomic E-state index is 13.7. The van der Waals surface area contributed by atoms with Crippen molar-refractivity contribution in [2.24, 2.45) is 0 Å². The molecule has 0 bridgehead atoms. The maximum absolute atomic E-state index is 13.7. The number of benzene rings is 1. The summed E-state index contributed by atoms with van der Waals surface area (Å²) >= 11 is 0. The lowest BCUT2D eigenvalue weighted by molar-refractivity contribution is 0.373. The third-order valence-corrected chi connectivity index (χ3v) is 3.22. The van der Waals surface area contributed by atoms with Gasteiger partial charge in [-0.25, -0.2) is 8.78 Å². The maximum Gasteiger partial charge on any atom is 0.131 e. The van der Waals surface area contributed by atoms with Crippen molar-refractivity contribution in [1.29, 1.82) is 0 Å². The molecule has 114 valence electrons. The molecule has 6 heteroatoms. The van der Waals surface area contributed by atoms with Crippen LogP contribution in [0.1, 0.15) is 18.5 Å². The normalized spacial score (nSPS) is 12.7. The summed E-state index contributed by atoms with van der Waals surface area (Å²) in [5.74, 6) is -1.12. The Morgan fingerprint density at radius 2 is 2.10 bits per heavy atom. The Morgan fingerprint density at radius 3 is 2.76 bits per heavy atom. The largest absolute Gasteiger partial charge is 0.376 e. The fourth-order valence-corrected chi connectivity index (χ4v) is 2.04. The van der Waals surface area contributed by atoms with Crippen molar-refractivity contribution in [3.8, 4) is 0 Å². The zero-order valence-electron chi connectivity index (χ0n) is 12.5.